The molecule has 3 nitrogen and oxygen atoms in total. The van der Waals surface area contributed by atoms with Crippen LogP contribution in [0.5, 0.6) is 5.75 Å². The maximum Gasteiger partial charge on any atom is 0.335 e. The number of hydrogen-bond donors (Lipinski definition) is 1. The molecule has 1 N–H and O–H groups in total. The standard InChI is InChI=1S/C28H30O3/c1-19-15-21(18-26(16-19)31-2)17-25-8-4-6-22-5-3-7-23(27(22)25)12-9-20-10-13-24(14-11-20)28(29)30/h3,5,7,10-11,13-16,18,25H,4,6,8-9,12,17H2,1-2H3,(H,29,30). The zero-order valence-electron chi connectivity index (χ0n) is 18.4. The summed E-state index contributed by atoms with van der Waals surface area (Å²) in [4.78, 5) is 11.1. The molecule has 3 heteroatoms. The number of hydrogen-bond acceptors (Lipinski definition) is 2. The van der Waals surface area contributed by atoms with Gasteiger partial charge in [-0.05, 0) is 109 Å². The summed E-state index contributed by atoms with van der Waals surface area (Å²) < 4.78 is 5.49. The highest BCUT2D eigenvalue weighted by Gasteiger charge is 2.23. The van der Waals surface area contributed by atoms with Gasteiger partial charge in [-0.25, -0.2) is 4.79 Å². The third-order valence-corrected chi connectivity index (χ3v) is 6.41. The van der Waals surface area contributed by atoms with Gasteiger partial charge in [0.2, 0.25) is 0 Å². The molecule has 0 bridgehead atoms. The van der Waals surface area contributed by atoms with Gasteiger partial charge < -0.3 is 9.84 Å². The first kappa shape index (κ1) is 21.2. The number of methoxy groups -OCH3 is 1. The predicted molar refractivity (Wildman–Crippen MR) is 124 cm³/mol. The van der Waals surface area contributed by atoms with Crippen molar-refractivity contribution in [2.24, 2.45) is 0 Å². The minimum absolute atomic E-state index is 0.342. The quantitative estimate of drug-likeness (QED) is 0.504. The van der Waals surface area contributed by atoms with E-state index >= 15 is 0 Å². The van der Waals surface area contributed by atoms with Crippen LogP contribution in [-0.4, -0.2) is 18.2 Å². The Kier molecular flexibility index (Phi) is 6.41. The van der Waals surface area contributed by atoms with Gasteiger partial charge in [-0.2, -0.15) is 0 Å². The van der Waals surface area contributed by atoms with Gasteiger partial charge in [0, 0.05) is 0 Å². The van der Waals surface area contributed by atoms with Crippen LogP contribution in [0.1, 0.15) is 62.5 Å². The SMILES string of the molecule is COc1cc(C)cc(CC2CCCc3cccc(CCc4ccc(C(=O)O)cc4)c32)c1. The minimum atomic E-state index is -0.876. The smallest absolute Gasteiger partial charge is 0.335 e. The van der Waals surface area contributed by atoms with E-state index in [0.717, 1.165) is 31.4 Å². The Morgan fingerprint density at radius 1 is 1.03 bits per heavy atom. The monoisotopic (exact) mass is 414 g/mol. The molecule has 0 heterocycles. The third-order valence-electron chi connectivity index (χ3n) is 6.41. The number of carboxylic acid groups (broad SMARTS) is 1. The summed E-state index contributed by atoms with van der Waals surface area (Å²) >= 11 is 0. The minimum Gasteiger partial charge on any atom is -0.497 e. The fourth-order valence-electron chi connectivity index (χ4n) is 4.95. The van der Waals surface area contributed by atoms with E-state index in [1.54, 1.807) is 19.2 Å². The second-order valence-electron chi connectivity index (χ2n) is 8.64. The van der Waals surface area contributed by atoms with E-state index < -0.39 is 5.97 Å². The molecule has 0 amide bonds. The lowest BCUT2D eigenvalue weighted by molar-refractivity contribution is 0.0697. The van der Waals surface area contributed by atoms with Crippen molar-refractivity contribution in [1.29, 1.82) is 0 Å². The second-order valence-corrected chi connectivity index (χ2v) is 8.64. The van der Waals surface area contributed by atoms with Crippen LogP contribution in [0.2, 0.25) is 0 Å². The number of benzene rings is 3. The molecule has 3 aromatic rings. The van der Waals surface area contributed by atoms with Gasteiger partial charge in [0.25, 0.3) is 0 Å². The summed E-state index contributed by atoms with van der Waals surface area (Å²) in [7, 11) is 1.73. The van der Waals surface area contributed by atoms with E-state index in [2.05, 4.69) is 43.3 Å². The van der Waals surface area contributed by atoms with Gasteiger partial charge in [-0.1, -0.05) is 36.4 Å². The van der Waals surface area contributed by atoms with Gasteiger partial charge in [-0.3, -0.25) is 0 Å². The molecule has 160 valence electrons. The van der Waals surface area contributed by atoms with Crippen LogP contribution in [-0.2, 0) is 25.7 Å². The van der Waals surface area contributed by atoms with E-state index in [-0.39, 0.29) is 0 Å². The fourth-order valence-corrected chi connectivity index (χ4v) is 4.95. The number of rotatable bonds is 7. The molecular formula is C28H30O3. The van der Waals surface area contributed by atoms with Crippen LogP contribution in [0.15, 0.2) is 60.7 Å². The summed E-state index contributed by atoms with van der Waals surface area (Å²) in [5.74, 6) is 0.587. The Balaban J connectivity index is 1.56. The molecule has 0 saturated heterocycles. The van der Waals surface area contributed by atoms with Crippen molar-refractivity contribution in [1.82, 2.24) is 0 Å². The van der Waals surface area contributed by atoms with Crippen molar-refractivity contribution >= 4 is 5.97 Å². The van der Waals surface area contributed by atoms with Gasteiger partial charge in [-0.15, -0.1) is 0 Å². The summed E-state index contributed by atoms with van der Waals surface area (Å²) in [6.07, 6.45) is 6.54. The van der Waals surface area contributed by atoms with E-state index in [9.17, 15) is 4.79 Å². The maximum atomic E-state index is 11.1. The largest absolute Gasteiger partial charge is 0.497 e. The number of fused-ring (bicyclic) bond motifs is 1. The molecule has 0 spiro atoms. The first-order valence-electron chi connectivity index (χ1n) is 11.1. The highest BCUT2D eigenvalue weighted by molar-refractivity contribution is 5.87. The third kappa shape index (κ3) is 4.99. The van der Waals surface area contributed by atoms with Crippen molar-refractivity contribution in [3.8, 4) is 5.75 Å². The van der Waals surface area contributed by atoms with E-state index in [1.807, 2.05) is 12.1 Å². The normalized spacial score (nSPS) is 15.4. The Bertz CT molecular complexity index is 1070. The Labute approximate surface area is 184 Å². The van der Waals surface area contributed by atoms with Crippen LogP contribution < -0.4 is 4.74 Å². The lowest BCUT2D eigenvalue weighted by Crippen LogP contribution is -2.15. The average molecular weight is 415 g/mol. The van der Waals surface area contributed by atoms with Crippen molar-refractivity contribution in [3.63, 3.8) is 0 Å². The van der Waals surface area contributed by atoms with Gasteiger partial charge in [0.1, 0.15) is 5.75 Å². The zero-order chi connectivity index (χ0) is 21.8. The van der Waals surface area contributed by atoms with Crippen LogP contribution >= 0.6 is 0 Å². The van der Waals surface area contributed by atoms with Gasteiger partial charge in [0.05, 0.1) is 12.7 Å². The lowest BCUT2D eigenvalue weighted by atomic mass is 9.76. The second kappa shape index (κ2) is 9.38. The van der Waals surface area contributed by atoms with E-state index in [0.29, 0.717) is 11.5 Å². The first-order valence-corrected chi connectivity index (χ1v) is 11.1. The Hall–Kier alpha value is -3.07. The number of ether oxygens (including phenoxy) is 1. The molecule has 31 heavy (non-hydrogen) atoms. The highest BCUT2D eigenvalue weighted by Crippen LogP contribution is 2.37. The number of aryl methyl sites for hydroxylation is 4. The summed E-state index contributed by atoms with van der Waals surface area (Å²) in [5.41, 5.74) is 8.57. The molecule has 0 radical (unpaired) electrons. The van der Waals surface area contributed by atoms with E-state index in [1.165, 1.54) is 46.2 Å². The molecule has 1 atom stereocenters. The molecule has 1 unspecified atom stereocenters. The average Bonchev–Trinajstić information content (AvgIpc) is 2.77. The van der Waals surface area contributed by atoms with Crippen LogP contribution in [0.25, 0.3) is 0 Å². The molecular weight excluding hydrogens is 384 g/mol. The topological polar surface area (TPSA) is 46.5 Å². The highest BCUT2D eigenvalue weighted by atomic mass is 16.5. The molecule has 0 saturated carbocycles. The maximum absolute atomic E-state index is 11.1. The molecule has 0 aromatic heterocycles. The predicted octanol–water partition coefficient (Wildman–Crippen LogP) is 6.15. The number of carbonyl (C=O) groups is 1. The molecule has 0 aliphatic heterocycles. The number of carboxylic acids is 1. The van der Waals surface area contributed by atoms with Crippen molar-refractivity contribution in [2.45, 2.75) is 51.4 Å². The van der Waals surface area contributed by atoms with Crippen LogP contribution in [0, 0.1) is 6.92 Å². The Morgan fingerprint density at radius 2 is 1.84 bits per heavy atom. The summed E-state index contributed by atoms with van der Waals surface area (Å²) in [6.45, 7) is 2.13. The molecule has 1 aliphatic rings. The molecule has 0 fully saturated rings. The van der Waals surface area contributed by atoms with E-state index in [4.69, 9.17) is 9.84 Å². The molecule has 3 aromatic carbocycles. The van der Waals surface area contributed by atoms with Gasteiger partial charge >= 0.3 is 5.97 Å². The van der Waals surface area contributed by atoms with Crippen molar-refractivity contribution < 1.29 is 14.6 Å². The summed E-state index contributed by atoms with van der Waals surface area (Å²) in [5, 5.41) is 9.11. The van der Waals surface area contributed by atoms with Gasteiger partial charge in [0.15, 0.2) is 0 Å². The summed E-state index contributed by atoms with van der Waals surface area (Å²) in [6, 6.07) is 20.6. The molecule has 4 rings (SSSR count). The Morgan fingerprint density at radius 3 is 2.58 bits per heavy atom. The van der Waals surface area contributed by atoms with Crippen molar-refractivity contribution in [3.05, 3.63) is 99.6 Å². The first-order chi connectivity index (χ1) is 15.0. The molecule has 1 aliphatic carbocycles. The lowest BCUT2D eigenvalue weighted by Gasteiger charge is -2.29. The zero-order valence-corrected chi connectivity index (χ0v) is 18.4. The van der Waals surface area contributed by atoms with Crippen LogP contribution in [0.3, 0.4) is 0 Å². The van der Waals surface area contributed by atoms with Crippen LogP contribution in [0.4, 0.5) is 0 Å². The number of aromatic carboxylic acids is 1. The fraction of sp³-hybridized carbons (Fsp3) is 0.321. The van der Waals surface area contributed by atoms with Crippen molar-refractivity contribution in [2.75, 3.05) is 7.11 Å².